The molecule has 0 saturated carbocycles. The number of aromatic hydroxyl groups is 1. The maximum atomic E-state index is 9.47. The molecule has 17 heavy (non-hydrogen) atoms. The number of phenolic OH excluding ortho intramolecular Hbond substituents is 1. The van der Waals surface area contributed by atoms with E-state index in [4.69, 9.17) is 12.2 Å². The smallest absolute Gasteiger partial charge is 0.201 e. The van der Waals surface area contributed by atoms with Crippen LogP contribution in [-0.4, -0.2) is 22.5 Å². The fraction of sp³-hybridized carbons (Fsp3) is 0.273. The SMILES string of the molecule is CC(C)NNC(=S)N/N=C/c1ccccc1O. The van der Waals surface area contributed by atoms with Gasteiger partial charge in [0.25, 0.3) is 0 Å². The van der Waals surface area contributed by atoms with Gasteiger partial charge in [0.1, 0.15) is 5.75 Å². The van der Waals surface area contributed by atoms with E-state index in [-0.39, 0.29) is 11.8 Å². The summed E-state index contributed by atoms with van der Waals surface area (Å²) in [6, 6.07) is 7.19. The van der Waals surface area contributed by atoms with Gasteiger partial charge in [-0.25, -0.2) is 5.43 Å². The lowest BCUT2D eigenvalue weighted by molar-refractivity contribution is 0.474. The summed E-state index contributed by atoms with van der Waals surface area (Å²) in [5.74, 6) is 0.178. The molecule has 0 atom stereocenters. The van der Waals surface area contributed by atoms with Crippen LogP contribution in [0.5, 0.6) is 5.75 Å². The van der Waals surface area contributed by atoms with E-state index in [1.54, 1.807) is 18.2 Å². The van der Waals surface area contributed by atoms with Crippen LogP contribution in [0.15, 0.2) is 29.4 Å². The lowest BCUT2D eigenvalue weighted by Gasteiger charge is -2.10. The molecule has 1 aromatic rings. The van der Waals surface area contributed by atoms with Gasteiger partial charge in [-0.1, -0.05) is 12.1 Å². The second-order valence-corrected chi connectivity index (χ2v) is 4.09. The monoisotopic (exact) mass is 252 g/mol. The van der Waals surface area contributed by atoms with Crippen molar-refractivity contribution < 1.29 is 5.11 Å². The van der Waals surface area contributed by atoms with E-state index in [9.17, 15) is 5.11 Å². The van der Waals surface area contributed by atoms with Crippen molar-refractivity contribution in [3.63, 3.8) is 0 Å². The largest absolute Gasteiger partial charge is 0.507 e. The van der Waals surface area contributed by atoms with Crippen LogP contribution in [0.4, 0.5) is 0 Å². The number of nitrogens with one attached hydrogen (secondary N) is 3. The Morgan fingerprint density at radius 3 is 2.76 bits per heavy atom. The van der Waals surface area contributed by atoms with Crippen LogP contribution in [0.25, 0.3) is 0 Å². The molecular weight excluding hydrogens is 236 g/mol. The second kappa shape index (κ2) is 6.82. The number of nitrogens with zero attached hydrogens (tertiary/aromatic N) is 1. The standard InChI is InChI=1S/C11H16N4OS/c1-8(2)13-15-11(17)14-12-7-9-5-3-4-6-10(9)16/h3-8,13,16H,1-2H3,(H2,14,15,17)/b12-7+. The molecule has 0 saturated heterocycles. The second-order valence-electron chi connectivity index (χ2n) is 3.68. The summed E-state index contributed by atoms with van der Waals surface area (Å²) < 4.78 is 0. The molecule has 92 valence electrons. The average Bonchev–Trinajstić information content (AvgIpc) is 2.29. The molecule has 0 fully saturated rings. The third-order valence-electron chi connectivity index (χ3n) is 1.78. The van der Waals surface area contributed by atoms with Crippen molar-refractivity contribution in [2.45, 2.75) is 19.9 Å². The molecular formula is C11H16N4OS. The van der Waals surface area contributed by atoms with Gasteiger partial charge in [0.2, 0.25) is 5.11 Å². The van der Waals surface area contributed by atoms with Crippen LogP contribution in [-0.2, 0) is 0 Å². The van der Waals surface area contributed by atoms with Gasteiger partial charge in [0, 0.05) is 11.6 Å². The first-order valence-electron chi connectivity index (χ1n) is 5.22. The van der Waals surface area contributed by atoms with Gasteiger partial charge >= 0.3 is 0 Å². The fourth-order valence-electron chi connectivity index (χ4n) is 0.995. The molecule has 6 heteroatoms. The number of hydrazine groups is 1. The van der Waals surface area contributed by atoms with Gasteiger partial charge < -0.3 is 5.11 Å². The molecule has 1 rings (SSSR count). The Bertz CT molecular complexity index is 406. The van der Waals surface area contributed by atoms with Crippen LogP contribution >= 0.6 is 12.2 Å². The van der Waals surface area contributed by atoms with Crippen molar-refractivity contribution in [1.82, 2.24) is 16.3 Å². The molecule has 0 aliphatic heterocycles. The van der Waals surface area contributed by atoms with Crippen LogP contribution in [0.3, 0.4) is 0 Å². The molecule has 0 unspecified atom stereocenters. The summed E-state index contributed by atoms with van der Waals surface area (Å²) >= 11 is 4.96. The Labute approximate surface area is 106 Å². The van der Waals surface area contributed by atoms with Gasteiger partial charge in [-0.15, -0.1) is 0 Å². The zero-order valence-corrected chi connectivity index (χ0v) is 10.6. The van der Waals surface area contributed by atoms with Crippen molar-refractivity contribution in [2.24, 2.45) is 5.10 Å². The fourth-order valence-corrected chi connectivity index (χ4v) is 1.11. The van der Waals surface area contributed by atoms with Gasteiger partial charge in [0.15, 0.2) is 0 Å². The van der Waals surface area contributed by atoms with Crippen LogP contribution in [0.1, 0.15) is 19.4 Å². The Hall–Kier alpha value is -1.66. The summed E-state index contributed by atoms with van der Waals surface area (Å²) in [7, 11) is 0. The quantitative estimate of drug-likeness (QED) is 0.367. The molecule has 0 aliphatic rings. The minimum Gasteiger partial charge on any atom is -0.507 e. The molecule has 0 bridgehead atoms. The number of para-hydroxylation sites is 1. The molecule has 0 radical (unpaired) electrons. The highest BCUT2D eigenvalue weighted by molar-refractivity contribution is 7.80. The van der Waals surface area contributed by atoms with E-state index in [1.165, 1.54) is 6.21 Å². The van der Waals surface area contributed by atoms with E-state index < -0.39 is 0 Å². The van der Waals surface area contributed by atoms with Crippen molar-refractivity contribution >= 4 is 23.5 Å². The van der Waals surface area contributed by atoms with Crippen molar-refractivity contribution in [2.75, 3.05) is 0 Å². The number of hydrazone groups is 1. The number of rotatable bonds is 4. The average molecular weight is 252 g/mol. The molecule has 0 spiro atoms. The summed E-state index contributed by atoms with van der Waals surface area (Å²) in [5.41, 5.74) is 8.96. The highest BCUT2D eigenvalue weighted by Gasteiger charge is 1.96. The molecule has 4 N–H and O–H groups in total. The number of thiocarbonyl (C=S) groups is 1. The van der Waals surface area contributed by atoms with Crippen LogP contribution in [0, 0.1) is 0 Å². The minimum atomic E-state index is 0.178. The van der Waals surface area contributed by atoms with Crippen molar-refractivity contribution in [1.29, 1.82) is 0 Å². The van der Waals surface area contributed by atoms with Crippen LogP contribution in [0.2, 0.25) is 0 Å². The van der Waals surface area contributed by atoms with Crippen molar-refractivity contribution in [3.8, 4) is 5.75 Å². The Morgan fingerprint density at radius 1 is 1.41 bits per heavy atom. The molecule has 0 amide bonds. The molecule has 0 heterocycles. The van der Waals surface area contributed by atoms with Gasteiger partial charge in [0.05, 0.1) is 6.21 Å². The predicted octanol–water partition coefficient (Wildman–Crippen LogP) is 1.10. The highest BCUT2D eigenvalue weighted by atomic mass is 32.1. The Balaban J connectivity index is 2.40. The molecule has 0 aromatic heterocycles. The summed E-state index contributed by atoms with van der Waals surface area (Å²) in [5, 5.41) is 13.7. The Morgan fingerprint density at radius 2 is 2.12 bits per heavy atom. The van der Waals surface area contributed by atoms with E-state index >= 15 is 0 Å². The molecule has 0 aliphatic carbocycles. The van der Waals surface area contributed by atoms with E-state index in [2.05, 4.69) is 21.4 Å². The number of hydrogen-bond acceptors (Lipinski definition) is 4. The topological polar surface area (TPSA) is 68.7 Å². The van der Waals surface area contributed by atoms with Gasteiger partial charge in [-0.3, -0.25) is 10.9 Å². The summed E-state index contributed by atoms with van der Waals surface area (Å²) in [6.45, 7) is 3.97. The summed E-state index contributed by atoms with van der Waals surface area (Å²) in [4.78, 5) is 0. The van der Waals surface area contributed by atoms with Crippen molar-refractivity contribution in [3.05, 3.63) is 29.8 Å². The number of phenols is 1. The normalized spacial score (nSPS) is 10.8. The third-order valence-corrected chi connectivity index (χ3v) is 1.97. The molecule has 5 nitrogen and oxygen atoms in total. The third kappa shape index (κ3) is 5.28. The number of benzene rings is 1. The predicted molar refractivity (Wildman–Crippen MR) is 72.8 cm³/mol. The van der Waals surface area contributed by atoms with E-state index in [0.29, 0.717) is 10.7 Å². The maximum absolute atomic E-state index is 9.47. The lowest BCUT2D eigenvalue weighted by Crippen LogP contribution is -2.45. The number of hydrogen-bond donors (Lipinski definition) is 4. The first-order valence-corrected chi connectivity index (χ1v) is 5.63. The highest BCUT2D eigenvalue weighted by Crippen LogP contribution is 2.12. The van der Waals surface area contributed by atoms with Gasteiger partial charge in [-0.05, 0) is 38.2 Å². The minimum absolute atomic E-state index is 0.178. The van der Waals surface area contributed by atoms with Gasteiger partial charge in [-0.2, -0.15) is 5.10 Å². The van der Waals surface area contributed by atoms with E-state index in [1.807, 2.05) is 19.9 Å². The zero-order valence-electron chi connectivity index (χ0n) is 9.77. The lowest BCUT2D eigenvalue weighted by atomic mass is 10.2. The van der Waals surface area contributed by atoms with E-state index in [0.717, 1.165) is 0 Å². The van der Waals surface area contributed by atoms with Crippen LogP contribution < -0.4 is 16.3 Å². The maximum Gasteiger partial charge on any atom is 0.201 e. The first-order chi connectivity index (χ1) is 8.09. The summed E-state index contributed by atoms with van der Waals surface area (Å²) in [6.07, 6.45) is 1.50. The zero-order chi connectivity index (χ0) is 12.7. The Kier molecular flexibility index (Phi) is 5.38. The first kappa shape index (κ1) is 13.4. The molecule has 1 aromatic carbocycles.